The third-order valence-electron chi connectivity index (χ3n) is 2.44. The number of carbonyl (C=O) groups is 1. The van der Waals surface area contributed by atoms with Crippen molar-refractivity contribution in [3.8, 4) is 0 Å². The van der Waals surface area contributed by atoms with E-state index in [9.17, 15) is 13.6 Å². The number of Topliss-reactive ketones (excluding diaryl/α,β-unsaturated/α-hetero) is 1. The molecule has 1 aromatic rings. The van der Waals surface area contributed by atoms with Crippen LogP contribution in [0.4, 0.5) is 8.78 Å². The second-order valence-electron chi connectivity index (χ2n) is 3.47. The fourth-order valence-electron chi connectivity index (χ4n) is 1.65. The highest BCUT2D eigenvalue weighted by molar-refractivity contribution is 8.00. The Morgan fingerprint density at radius 3 is 2.87 bits per heavy atom. The van der Waals surface area contributed by atoms with Gasteiger partial charge in [0.1, 0.15) is 0 Å². The zero-order valence-corrected chi connectivity index (χ0v) is 8.82. The molecule has 0 N–H and O–H groups in total. The normalized spacial score (nSPS) is 20.5. The van der Waals surface area contributed by atoms with Crippen LogP contribution in [-0.4, -0.2) is 16.8 Å². The van der Waals surface area contributed by atoms with Crippen molar-refractivity contribution in [3.63, 3.8) is 0 Å². The van der Waals surface area contributed by atoms with Gasteiger partial charge in [0, 0.05) is 0 Å². The topological polar surface area (TPSA) is 17.1 Å². The zero-order chi connectivity index (χ0) is 10.8. The lowest BCUT2D eigenvalue weighted by atomic mass is 10.0. The van der Waals surface area contributed by atoms with Crippen molar-refractivity contribution in [2.45, 2.75) is 18.1 Å². The van der Waals surface area contributed by atoms with Gasteiger partial charge in [-0.3, -0.25) is 4.79 Å². The quantitative estimate of drug-likeness (QED) is 0.724. The van der Waals surface area contributed by atoms with E-state index in [4.69, 9.17) is 0 Å². The van der Waals surface area contributed by atoms with Gasteiger partial charge in [0.2, 0.25) is 0 Å². The van der Waals surface area contributed by atoms with E-state index in [2.05, 4.69) is 0 Å². The summed E-state index contributed by atoms with van der Waals surface area (Å²) in [5.74, 6) is -1.33. The standard InChI is InChI=1S/C11H10F2OS/c12-8-4-1-3-7(10(8)13)11(14)9-5-2-6-15-9/h1,3-4,9H,2,5-6H2. The van der Waals surface area contributed by atoms with Gasteiger partial charge in [0.25, 0.3) is 0 Å². The van der Waals surface area contributed by atoms with E-state index in [0.29, 0.717) is 0 Å². The third-order valence-corrected chi connectivity index (χ3v) is 3.82. The molecule has 0 radical (unpaired) electrons. The largest absolute Gasteiger partial charge is 0.293 e. The number of hydrogen-bond donors (Lipinski definition) is 0. The molecule has 0 spiro atoms. The molecule has 0 saturated carbocycles. The maximum absolute atomic E-state index is 13.3. The van der Waals surface area contributed by atoms with Crippen LogP contribution in [0.1, 0.15) is 23.2 Å². The van der Waals surface area contributed by atoms with Crippen LogP contribution in [0.2, 0.25) is 0 Å². The summed E-state index contributed by atoms with van der Waals surface area (Å²) in [6, 6.07) is 3.73. The molecule has 80 valence electrons. The van der Waals surface area contributed by atoms with Gasteiger partial charge in [-0.2, -0.15) is 11.8 Å². The lowest BCUT2D eigenvalue weighted by molar-refractivity contribution is 0.0983. The summed E-state index contributed by atoms with van der Waals surface area (Å²) in [6.07, 6.45) is 1.73. The van der Waals surface area contributed by atoms with Gasteiger partial charge in [0.05, 0.1) is 10.8 Å². The predicted molar refractivity (Wildman–Crippen MR) is 56.2 cm³/mol. The van der Waals surface area contributed by atoms with Crippen LogP contribution in [0.15, 0.2) is 18.2 Å². The first kappa shape index (κ1) is 10.6. The molecule has 0 aliphatic carbocycles. The second-order valence-corrected chi connectivity index (χ2v) is 4.78. The molecule has 1 fully saturated rings. The van der Waals surface area contributed by atoms with Crippen LogP contribution < -0.4 is 0 Å². The van der Waals surface area contributed by atoms with Gasteiger partial charge < -0.3 is 0 Å². The Labute approximate surface area is 90.9 Å². The molecular formula is C11H10F2OS. The molecule has 1 heterocycles. The highest BCUT2D eigenvalue weighted by atomic mass is 32.2. The summed E-state index contributed by atoms with van der Waals surface area (Å²) in [6.45, 7) is 0. The van der Waals surface area contributed by atoms with Crippen molar-refractivity contribution in [1.29, 1.82) is 0 Å². The van der Waals surface area contributed by atoms with Gasteiger partial charge in [-0.05, 0) is 30.7 Å². The predicted octanol–water partition coefficient (Wildman–Crippen LogP) is 3.04. The van der Waals surface area contributed by atoms with E-state index in [1.807, 2.05) is 0 Å². The SMILES string of the molecule is O=C(c1cccc(F)c1F)C1CCCS1. The number of rotatable bonds is 2. The van der Waals surface area contributed by atoms with Crippen LogP contribution in [-0.2, 0) is 0 Å². The smallest absolute Gasteiger partial charge is 0.178 e. The van der Waals surface area contributed by atoms with Crippen molar-refractivity contribution in [2.24, 2.45) is 0 Å². The first-order valence-electron chi connectivity index (χ1n) is 4.80. The first-order valence-corrected chi connectivity index (χ1v) is 5.85. The Balaban J connectivity index is 2.28. The molecular weight excluding hydrogens is 218 g/mol. The highest BCUT2D eigenvalue weighted by Gasteiger charge is 2.27. The molecule has 0 aromatic heterocycles. The van der Waals surface area contributed by atoms with Gasteiger partial charge in [0.15, 0.2) is 17.4 Å². The average Bonchev–Trinajstić information content (AvgIpc) is 2.74. The fourth-order valence-corrected chi connectivity index (χ4v) is 2.88. The summed E-state index contributed by atoms with van der Waals surface area (Å²) in [5, 5.41) is -0.193. The van der Waals surface area contributed by atoms with Crippen molar-refractivity contribution in [1.82, 2.24) is 0 Å². The van der Waals surface area contributed by atoms with Crippen LogP contribution in [0.3, 0.4) is 0 Å². The lowest BCUT2D eigenvalue weighted by Gasteiger charge is -2.08. The Kier molecular flexibility index (Phi) is 3.05. The monoisotopic (exact) mass is 228 g/mol. The van der Waals surface area contributed by atoms with E-state index < -0.39 is 11.6 Å². The summed E-state index contributed by atoms with van der Waals surface area (Å²) in [5.41, 5.74) is -0.116. The van der Waals surface area contributed by atoms with Crippen LogP contribution in [0.25, 0.3) is 0 Å². The van der Waals surface area contributed by atoms with Crippen LogP contribution in [0.5, 0.6) is 0 Å². The molecule has 1 nitrogen and oxygen atoms in total. The highest BCUT2D eigenvalue weighted by Crippen LogP contribution is 2.29. The molecule has 0 amide bonds. The molecule has 2 rings (SSSR count). The first-order chi connectivity index (χ1) is 7.20. The van der Waals surface area contributed by atoms with Gasteiger partial charge >= 0.3 is 0 Å². The van der Waals surface area contributed by atoms with Crippen molar-refractivity contribution >= 4 is 17.5 Å². The van der Waals surface area contributed by atoms with E-state index in [1.165, 1.54) is 23.9 Å². The third kappa shape index (κ3) is 2.04. The fraction of sp³-hybridized carbons (Fsp3) is 0.364. The number of benzene rings is 1. The maximum atomic E-state index is 13.3. The Hall–Kier alpha value is -0.900. The van der Waals surface area contributed by atoms with E-state index in [-0.39, 0.29) is 16.6 Å². The minimum Gasteiger partial charge on any atom is -0.293 e. The van der Waals surface area contributed by atoms with Gasteiger partial charge in [-0.1, -0.05) is 6.07 Å². The minimum absolute atomic E-state index is 0.116. The summed E-state index contributed by atoms with van der Waals surface area (Å²) >= 11 is 1.52. The number of thioether (sulfide) groups is 1. The Morgan fingerprint density at radius 2 is 2.20 bits per heavy atom. The minimum atomic E-state index is -1.02. The summed E-state index contributed by atoms with van der Waals surface area (Å²) in [7, 11) is 0. The zero-order valence-electron chi connectivity index (χ0n) is 8.00. The number of ketones is 1. The van der Waals surface area contributed by atoms with E-state index in [1.54, 1.807) is 0 Å². The van der Waals surface area contributed by atoms with E-state index >= 15 is 0 Å². The molecule has 0 bridgehead atoms. The molecule has 1 unspecified atom stereocenters. The lowest BCUT2D eigenvalue weighted by Crippen LogP contribution is -2.16. The number of hydrogen-bond acceptors (Lipinski definition) is 2. The molecule has 4 heteroatoms. The molecule has 1 saturated heterocycles. The van der Waals surface area contributed by atoms with Crippen LogP contribution in [0, 0.1) is 11.6 Å². The Morgan fingerprint density at radius 1 is 1.40 bits per heavy atom. The summed E-state index contributed by atoms with van der Waals surface area (Å²) < 4.78 is 26.2. The van der Waals surface area contributed by atoms with Crippen molar-refractivity contribution in [2.75, 3.05) is 5.75 Å². The van der Waals surface area contributed by atoms with E-state index in [0.717, 1.165) is 24.7 Å². The van der Waals surface area contributed by atoms with Crippen molar-refractivity contribution < 1.29 is 13.6 Å². The molecule has 1 aliphatic rings. The molecule has 1 aliphatic heterocycles. The number of halogens is 2. The Bertz CT molecular complexity index is 386. The second kappa shape index (κ2) is 4.31. The van der Waals surface area contributed by atoms with Gasteiger partial charge in [-0.15, -0.1) is 0 Å². The van der Waals surface area contributed by atoms with Gasteiger partial charge in [-0.25, -0.2) is 8.78 Å². The number of carbonyl (C=O) groups excluding carboxylic acids is 1. The van der Waals surface area contributed by atoms with Crippen LogP contribution >= 0.6 is 11.8 Å². The van der Waals surface area contributed by atoms with Crippen molar-refractivity contribution in [3.05, 3.63) is 35.4 Å². The maximum Gasteiger partial charge on any atom is 0.178 e. The molecule has 15 heavy (non-hydrogen) atoms. The average molecular weight is 228 g/mol. The molecule has 1 aromatic carbocycles. The molecule has 1 atom stereocenters. The summed E-state index contributed by atoms with van der Waals surface area (Å²) in [4.78, 5) is 11.8.